The van der Waals surface area contributed by atoms with Crippen molar-refractivity contribution in [3.63, 3.8) is 0 Å². The lowest BCUT2D eigenvalue weighted by molar-refractivity contribution is 0.476. The van der Waals surface area contributed by atoms with Crippen molar-refractivity contribution in [2.24, 2.45) is 4.99 Å². The summed E-state index contributed by atoms with van der Waals surface area (Å²) < 4.78 is 0. The molecule has 0 saturated carbocycles. The summed E-state index contributed by atoms with van der Waals surface area (Å²) in [5.74, 6) is 1.90. The second kappa shape index (κ2) is 8.90. The van der Waals surface area contributed by atoms with Gasteiger partial charge in [-0.3, -0.25) is 4.99 Å². The highest BCUT2D eigenvalue weighted by atomic mass is 35.5. The Hall–Kier alpha value is -2.27. The fraction of sp³-hybridized carbons (Fsp3) is 0.400. The van der Waals surface area contributed by atoms with Crippen LogP contribution in [0.25, 0.3) is 0 Å². The summed E-state index contributed by atoms with van der Waals surface area (Å²) >= 11 is 6.26. The molecule has 2 aromatic rings. The van der Waals surface area contributed by atoms with Crippen molar-refractivity contribution in [2.45, 2.75) is 25.9 Å². The molecule has 1 aliphatic rings. The Bertz CT molecular complexity index is 738. The fourth-order valence-corrected chi connectivity index (χ4v) is 3.37. The predicted octanol–water partition coefficient (Wildman–Crippen LogP) is 3.54. The van der Waals surface area contributed by atoms with E-state index in [0.29, 0.717) is 13.1 Å². The van der Waals surface area contributed by atoms with E-state index in [-0.39, 0.29) is 0 Å². The first-order valence-electron chi connectivity index (χ1n) is 9.02. The highest BCUT2D eigenvalue weighted by Gasteiger charge is 2.13. The van der Waals surface area contributed by atoms with E-state index in [2.05, 4.69) is 37.2 Å². The van der Waals surface area contributed by atoms with Gasteiger partial charge in [0, 0.05) is 51.5 Å². The van der Waals surface area contributed by atoms with Gasteiger partial charge in [0.25, 0.3) is 0 Å². The van der Waals surface area contributed by atoms with Crippen LogP contribution in [0.2, 0.25) is 5.02 Å². The number of pyridine rings is 1. The van der Waals surface area contributed by atoms with Gasteiger partial charge in [-0.2, -0.15) is 0 Å². The minimum Gasteiger partial charge on any atom is -0.357 e. The lowest BCUT2D eigenvalue weighted by Crippen LogP contribution is -2.38. The third-order valence-electron chi connectivity index (χ3n) is 4.63. The van der Waals surface area contributed by atoms with E-state index in [1.54, 1.807) is 7.05 Å². The Morgan fingerprint density at radius 2 is 2.00 bits per heavy atom. The maximum Gasteiger partial charge on any atom is 0.193 e. The summed E-state index contributed by atoms with van der Waals surface area (Å²) in [5, 5.41) is 4.17. The summed E-state index contributed by atoms with van der Waals surface area (Å²) in [6, 6.07) is 12.1. The minimum atomic E-state index is 0.687. The van der Waals surface area contributed by atoms with Crippen LogP contribution >= 0.6 is 11.6 Å². The van der Waals surface area contributed by atoms with Crippen LogP contribution in [0.1, 0.15) is 24.0 Å². The van der Waals surface area contributed by atoms with Crippen LogP contribution in [0.3, 0.4) is 0 Å². The second-order valence-corrected chi connectivity index (χ2v) is 6.97. The Morgan fingerprint density at radius 1 is 1.23 bits per heavy atom. The second-order valence-electron chi connectivity index (χ2n) is 6.57. The van der Waals surface area contributed by atoms with Crippen molar-refractivity contribution in [2.75, 3.05) is 32.1 Å². The molecule has 0 spiro atoms. The Labute approximate surface area is 160 Å². The molecule has 1 saturated heterocycles. The fourth-order valence-electron chi connectivity index (χ4n) is 3.18. The van der Waals surface area contributed by atoms with Crippen molar-refractivity contribution in [1.29, 1.82) is 0 Å². The molecule has 1 N–H and O–H groups in total. The standard InChI is InChI=1S/C20H26ClN5/c1-22-20(25(2)15-17-7-3-4-8-18(17)21)24-14-16-9-10-19(23-13-16)26-11-5-6-12-26/h3-4,7-10,13H,5-6,11-12,14-15H2,1-2H3,(H,22,24). The molecule has 2 heterocycles. The topological polar surface area (TPSA) is 43.8 Å². The zero-order chi connectivity index (χ0) is 18.4. The maximum atomic E-state index is 6.26. The van der Waals surface area contributed by atoms with Crippen LogP contribution in [-0.2, 0) is 13.1 Å². The third-order valence-corrected chi connectivity index (χ3v) is 5.00. The molecule has 26 heavy (non-hydrogen) atoms. The molecule has 3 rings (SSSR count). The molecular weight excluding hydrogens is 346 g/mol. The van der Waals surface area contributed by atoms with Gasteiger partial charge < -0.3 is 15.1 Å². The largest absolute Gasteiger partial charge is 0.357 e. The van der Waals surface area contributed by atoms with Gasteiger partial charge in [0.15, 0.2) is 5.96 Å². The van der Waals surface area contributed by atoms with Crippen molar-refractivity contribution in [3.05, 3.63) is 58.7 Å². The van der Waals surface area contributed by atoms with Crippen LogP contribution in [0.5, 0.6) is 0 Å². The first kappa shape index (κ1) is 18.5. The molecule has 0 aliphatic carbocycles. The summed E-state index contributed by atoms with van der Waals surface area (Å²) in [6.45, 7) is 3.62. The smallest absolute Gasteiger partial charge is 0.193 e. The summed E-state index contributed by atoms with van der Waals surface area (Å²) in [7, 11) is 3.80. The number of hydrogen-bond donors (Lipinski definition) is 1. The Balaban J connectivity index is 1.55. The Kier molecular flexibility index (Phi) is 6.34. The summed E-state index contributed by atoms with van der Waals surface area (Å²) in [5.41, 5.74) is 2.22. The number of anilines is 1. The molecule has 1 aliphatic heterocycles. The average Bonchev–Trinajstić information content (AvgIpc) is 3.19. The number of aliphatic imine (C=N–C) groups is 1. The molecule has 0 unspecified atom stereocenters. The van der Waals surface area contributed by atoms with Crippen LogP contribution in [0.15, 0.2) is 47.6 Å². The average molecular weight is 372 g/mol. The number of halogens is 1. The quantitative estimate of drug-likeness (QED) is 0.645. The minimum absolute atomic E-state index is 0.687. The lowest BCUT2D eigenvalue weighted by Gasteiger charge is -2.23. The normalized spacial score (nSPS) is 14.6. The van der Waals surface area contributed by atoms with Crippen molar-refractivity contribution in [3.8, 4) is 0 Å². The summed E-state index contributed by atoms with van der Waals surface area (Å²) in [6.07, 6.45) is 4.47. The van der Waals surface area contributed by atoms with Gasteiger partial charge in [0.1, 0.15) is 5.82 Å². The van der Waals surface area contributed by atoms with Gasteiger partial charge in [-0.15, -0.1) is 0 Å². The molecule has 0 bridgehead atoms. The van der Waals surface area contributed by atoms with Gasteiger partial charge in [0.2, 0.25) is 0 Å². The highest BCUT2D eigenvalue weighted by Crippen LogP contribution is 2.18. The number of rotatable bonds is 5. The van der Waals surface area contributed by atoms with E-state index in [1.165, 1.54) is 12.8 Å². The predicted molar refractivity (Wildman–Crippen MR) is 109 cm³/mol. The Morgan fingerprint density at radius 3 is 2.65 bits per heavy atom. The van der Waals surface area contributed by atoms with E-state index in [9.17, 15) is 0 Å². The number of hydrogen-bond acceptors (Lipinski definition) is 3. The molecule has 1 fully saturated rings. The molecule has 0 atom stereocenters. The SMILES string of the molecule is CN=C(NCc1ccc(N2CCCC2)nc1)N(C)Cc1ccccc1Cl. The molecule has 6 heteroatoms. The van der Waals surface area contributed by atoms with Crippen LogP contribution in [0.4, 0.5) is 5.82 Å². The zero-order valence-electron chi connectivity index (χ0n) is 15.5. The van der Waals surface area contributed by atoms with Crippen LogP contribution in [-0.4, -0.2) is 43.0 Å². The van der Waals surface area contributed by atoms with E-state index in [0.717, 1.165) is 41.0 Å². The molecule has 1 aromatic heterocycles. The third kappa shape index (κ3) is 4.67. The van der Waals surface area contributed by atoms with Crippen molar-refractivity contribution < 1.29 is 0 Å². The number of nitrogens with zero attached hydrogens (tertiary/aromatic N) is 4. The lowest BCUT2D eigenvalue weighted by atomic mass is 10.2. The zero-order valence-corrected chi connectivity index (χ0v) is 16.2. The van der Waals surface area contributed by atoms with Gasteiger partial charge in [-0.05, 0) is 36.1 Å². The van der Waals surface area contributed by atoms with Crippen LogP contribution in [0, 0.1) is 0 Å². The number of guanidine groups is 1. The number of benzene rings is 1. The maximum absolute atomic E-state index is 6.26. The molecule has 0 radical (unpaired) electrons. The molecular formula is C20H26ClN5. The molecule has 1 aromatic carbocycles. The van der Waals surface area contributed by atoms with E-state index < -0.39 is 0 Å². The molecule has 138 valence electrons. The number of aromatic nitrogens is 1. The molecule has 5 nitrogen and oxygen atoms in total. The van der Waals surface area contributed by atoms with E-state index in [1.807, 2.05) is 37.5 Å². The van der Waals surface area contributed by atoms with Crippen LogP contribution < -0.4 is 10.2 Å². The monoisotopic (exact) mass is 371 g/mol. The molecule has 0 amide bonds. The first-order valence-corrected chi connectivity index (χ1v) is 9.40. The van der Waals surface area contributed by atoms with E-state index >= 15 is 0 Å². The van der Waals surface area contributed by atoms with Gasteiger partial charge >= 0.3 is 0 Å². The van der Waals surface area contributed by atoms with E-state index in [4.69, 9.17) is 11.6 Å². The van der Waals surface area contributed by atoms with Gasteiger partial charge in [0.05, 0.1) is 0 Å². The highest BCUT2D eigenvalue weighted by molar-refractivity contribution is 6.31. The summed E-state index contributed by atoms with van der Waals surface area (Å²) in [4.78, 5) is 13.4. The number of nitrogens with one attached hydrogen (secondary N) is 1. The van der Waals surface area contributed by atoms with Crippen molar-refractivity contribution >= 4 is 23.4 Å². The first-order chi connectivity index (χ1) is 12.7. The van der Waals surface area contributed by atoms with Gasteiger partial charge in [-0.25, -0.2) is 4.98 Å². The van der Waals surface area contributed by atoms with Crippen molar-refractivity contribution in [1.82, 2.24) is 15.2 Å². The van der Waals surface area contributed by atoms with Gasteiger partial charge in [-0.1, -0.05) is 35.9 Å².